The number of hydrogen-bond donors (Lipinski definition) is 1. The molecule has 1 saturated heterocycles. The number of aromatic hydroxyl groups is 1. The SMILES string of the molecule is C=CCc1cc(CN2CCN(c3ccncc3)CC2)c(O)c(OC)c1. The Morgan fingerprint density at radius 2 is 1.92 bits per heavy atom. The number of hydrogen-bond acceptors (Lipinski definition) is 5. The highest BCUT2D eigenvalue weighted by Crippen LogP contribution is 2.33. The zero-order valence-corrected chi connectivity index (χ0v) is 14.7. The van der Waals surface area contributed by atoms with Gasteiger partial charge in [0.25, 0.3) is 0 Å². The van der Waals surface area contributed by atoms with Gasteiger partial charge in [0.2, 0.25) is 0 Å². The third kappa shape index (κ3) is 4.12. The van der Waals surface area contributed by atoms with Gasteiger partial charge in [-0.2, -0.15) is 0 Å². The molecular weight excluding hydrogens is 314 g/mol. The number of benzene rings is 1. The topological polar surface area (TPSA) is 48.8 Å². The highest BCUT2D eigenvalue weighted by molar-refractivity contribution is 5.49. The zero-order chi connectivity index (χ0) is 17.6. The highest BCUT2D eigenvalue weighted by atomic mass is 16.5. The second kappa shape index (κ2) is 8.03. The molecule has 0 spiro atoms. The summed E-state index contributed by atoms with van der Waals surface area (Å²) in [6.07, 6.45) is 6.29. The summed E-state index contributed by atoms with van der Waals surface area (Å²) < 4.78 is 5.32. The highest BCUT2D eigenvalue weighted by Gasteiger charge is 2.19. The first-order valence-electron chi connectivity index (χ1n) is 8.58. The summed E-state index contributed by atoms with van der Waals surface area (Å²) in [4.78, 5) is 8.81. The third-order valence-corrected chi connectivity index (χ3v) is 4.61. The normalized spacial score (nSPS) is 15.2. The molecule has 1 aromatic carbocycles. The molecule has 1 aliphatic rings. The van der Waals surface area contributed by atoms with Gasteiger partial charge in [-0.25, -0.2) is 0 Å². The molecule has 5 nitrogen and oxygen atoms in total. The Hall–Kier alpha value is -2.53. The molecule has 3 rings (SSSR count). The summed E-state index contributed by atoms with van der Waals surface area (Å²) in [5.74, 6) is 0.775. The lowest BCUT2D eigenvalue weighted by Crippen LogP contribution is -2.46. The van der Waals surface area contributed by atoms with E-state index in [0.29, 0.717) is 5.75 Å². The number of phenolic OH excluding ortho intramolecular Hbond substituents is 1. The van der Waals surface area contributed by atoms with Gasteiger partial charge in [0.15, 0.2) is 11.5 Å². The summed E-state index contributed by atoms with van der Waals surface area (Å²) in [5, 5.41) is 10.4. The molecule has 25 heavy (non-hydrogen) atoms. The second-order valence-electron chi connectivity index (χ2n) is 6.27. The van der Waals surface area contributed by atoms with Gasteiger partial charge < -0.3 is 14.7 Å². The fourth-order valence-electron chi connectivity index (χ4n) is 3.25. The molecule has 0 amide bonds. The van der Waals surface area contributed by atoms with E-state index >= 15 is 0 Å². The molecule has 2 aromatic rings. The van der Waals surface area contributed by atoms with E-state index in [1.807, 2.05) is 36.7 Å². The number of rotatable bonds is 6. The molecule has 1 aromatic heterocycles. The van der Waals surface area contributed by atoms with Crippen LogP contribution in [0.15, 0.2) is 49.3 Å². The van der Waals surface area contributed by atoms with Gasteiger partial charge in [0.1, 0.15) is 0 Å². The van der Waals surface area contributed by atoms with Crippen LogP contribution in [0.1, 0.15) is 11.1 Å². The van der Waals surface area contributed by atoms with E-state index in [2.05, 4.69) is 27.4 Å². The lowest BCUT2D eigenvalue weighted by molar-refractivity contribution is 0.245. The van der Waals surface area contributed by atoms with Crippen LogP contribution in [0.4, 0.5) is 5.69 Å². The number of nitrogens with zero attached hydrogens (tertiary/aromatic N) is 3. The number of ether oxygens (including phenoxy) is 1. The Labute approximate surface area is 149 Å². The molecule has 0 unspecified atom stereocenters. The summed E-state index contributed by atoms with van der Waals surface area (Å²) in [6.45, 7) is 8.35. The van der Waals surface area contributed by atoms with Gasteiger partial charge in [0.05, 0.1) is 7.11 Å². The first kappa shape index (κ1) is 17.3. The number of aromatic nitrogens is 1. The Kier molecular flexibility index (Phi) is 5.56. The first-order chi connectivity index (χ1) is 12.2. The average Bonchev–Trinajstić information content (AvgIpc) is 2.66. The molecule has 1 N–H and O–H groups in total. The lowest BCUT2D eigenvalue weighted by Gasteiger charge is -2.36. The van der Waals surface area contributed by atoms with Crippen LogP contribution in [0.25, 0.3) is 0 Å². The monoisotopic (exact) mass is 339 g/mol. The Morgan fingerprint density at radius 1 is 1.20 bits per heavy atom. The van der Waals surface area contributed by atoms with Crippen molar-refractivity contribution in [1.82, 2.24) is 9.88 Å². The number of piperazine rings is 1. The molecule has 0 radical (unpaired) electrons. The molecule has 0 aliphatic carbocycles. The summed E-state index contributed by atoms with van der Waals surface area (Å²) >= 11 is 0. The van der Waals surface area contributed by atoms with E-state index in [4.69, 9.17) is 4.74 Å². The second-order valence-corrected chi connectivity index (χ2v) is 6.27. The van der Waals surface area contributed by atoms with E-state index in [1.54, 1.807) is 7.11 Å². The van der Waals surface area contributed by atoms with Gasteiger partial charge in [-0.15, -0.1) is 6.58 Å². The van der Waals surface area contributed by atoms with Crippen LogP contribution in [0.5, 0.6) is 11.5 Å². The number of phenols is 1. The standard InChI is InChI=1S/C20H25N3O2/c1-3-4-16-13-17(20(24)19(14-16)25-2)15-22-9-11-23(12-10-22)18-5-7-21-8-6-18/h3,5-8,13-14,24H,1,4,9-12,15H2,2H3. The molecule has 1 aliphatic heterocycles. The van der Waals surface area contributed by atoms with Crippen molar-refractivity contribution in [3.63, 3.8) is 0 Å². The van der Waals surface area contributed by atoms with Crippen LogP contribution in [0.3, 0.4) is 0 Å². The number of allylic oxidation sites excluding steroid dienone is 1. The van der Waals surface area contributed by atoms with Gasteiger partial charge in [-0.1, -0.05) is 12.1 Å². The fraction of sp³-hybridized carbons (Fsp3) is 0.350. The number of anilines is 1. The van der Waals surface area contributed by atoms with Crippen molar-refractivity contribution in [2.24, 2.45) is 0 Å². The maximum absolute atomic E-state index is 10.4. The van der Waals surface area contributed by atoms with Crippen LogP contribution >= 0.6 is 0 Å². The van der Waals surface area contributed by atoms with E-state index in [0.717, 1.165) is 50.3 Å². The summed E-state index contributed by atoms with van der Waals surface area (Å²) in [6, 6.07) is 8.02. The molecule has 5 heteroatoms. The van der Waals surface area contributed by atoms with Crippen LogP contribution < -0.4 is 9.64 Å². The van der Waals surface area contributed by atoms with Crippen molar-refractivity contribution in [1.29, 1.82) is 0 Å². The molecule has 0 bridgehead atoms. The van der Waals surface area contributed by atoms with Crippen LogP contribution in [-0.4, -0.2) is 48.3 Å². The van der Waals surface area contributed by atoms with Gasteiger partial charge in [0, 0.05) is 56.4 Å². The van der Waals surface area contributed by atoms with E-state index < -0.39 is 0 Å². The van der Waals surface area contributed by atoms with Crippen LogP contribution in [0, 0.1) is 0 Å². The van der Waals surface area contributed by atoms with Crippen molar-refractivity contribution in [2.45, 2.75) is 13.0 Å². The molecular formula is C20H25N3O2. The fourth-order valence-corrected chi connectivity index (χ4v) is 3.25. The van der Waals surface area contributed by atoms with Crippen LogP contribution in [0.2, 0.25) is 0 Å². The van der Waals surface area contributed by atoms with E-state index in [1.165, 1.54) is 5.69 Å². The van der Waals surface area contributed by atoms with E-state index in [-0.39, 0.29) is 5.75 Å². The summed E-state index contributed by atoms with van der Waals surface area (Å²) in [5.41, 5.74) is 3.23. The first-order valence-corrected chi connectivity index (χ1v) is 8.58. The Bertz CT molecular complexity index is 710. The smallest absolute Gasteiger partial charge is 0.162 e. The minimum Gasteiger partial charge on any atom is -0.504 e. The zero-order valence-electron chi connectivity index (χ0n) is 14.7. The number of methoxy groups -OCH3 is 1. The molecule has 0 saturated carbocycles. The van der Waals surface area contributed by atoms with Gasteiger partial charge in [-0.3, -0.25) is 9.88 Å². The minimum absolute atomic E-state index is 0.242. The van der Waals surface area contributed by atoms with Crippen molar-refractivity contribution >= 4 is 5.69 Å². The molecule has 0 atom stereocenters. The van der Waals surface area contributed by atoms with Gasteiger partial charge in [-0.05, 0) is 30.2 Å². The van der Waals surface area contributed by atoms with Crippen molar-refractivity contribution in [3.05, 3.63) is 60.4 Å². The molecule has 132 valence electrons. The van der Waals surface area contributed by atoms with Crippen molar-refractivity contribution in [2.75, 3.05) is 38.2 Å². The predicted molar refractivity (Wildman–Crippen MR) is 100 cm³/mol. The average molecular weight is 339 g/mol. The van der Waals surface area contributed by atoms with Crippen molar-refractivity contribution in [3.8, 4) is 11.5 Å². The largest absolute Gasteiger partial charge is 0.504 e. The maximum Gasteiger partial charge on any atom is 0.162 e. The Morgan fingerprint density at radius 3 is 2.56 bits per heavy atom. The third-order valence-electron chi connectivity index (χ3n) is 4.61. The van der Waals surface area contributed by atoms with Gasteiger partial charge >= 0.3 is 0 Å². The minimum atomic E-state index is 0.242. The summed E-state index contributed by atoms with van der Waals surface area (Å²) in [7, 11) is 1.59. The maximum atomic E-state index is 10.4. The molecule has 2 heterocycles. The molecule has 1 fully saturated rings. The number of pyridine rings is 1. The van der Waals surface area contributed by atoms with Crippen LogP contribution in [-0.2, 0) is 13.0 Å². The predicted octanol–water partition coefficient (Wildman–Crippen LogP) is 2.85. The van der Waals surface area contributed by atoms with E-state index in [9.17, 15) is 5.11 Å². The van der Waals surface area contributed by atoms with Crippen molar-refractivity contribution < 1.29 is 9.84 Å². The Balaban J connectivity index is 1.67. The lowest BCUT2D eigenvalue weighted by atomic mass is 10.0. The quantitative estimate of drug-likeness (QED) is 0.820.